The van der Waals surface area contributed by atoms with Gasteiger partial charge in [0.1, 0.15) is 0 Å². The van der Waals surface area contributed by atoms with E-state index in [0.29, 0.717) is 36.0 Å². The third-order valence-corrected chi connectivity index (χ3v) is 3.91. The van der Waals surface area contributed by atoms with Crippen molar-refractivity contribution in [1.82, 2.24) is 10.6 Å². The Labute approximate surface area is 127 Å². The molecule has 0 saturated carbocycles. The highest BCUT2D eigenvalue weighted by molar-refractivity contribution is 6.35. The van der Waals surface area contributed by atoms with Gasteiger partial charge in [-0.2, -0.15) is 0 Å². The molecule has 4 nitrogen and oxygen atoms in total. The summed E-state index contributed by atoms with van der Waals surface area (Å²) in [7, 11) is 0. The number of halogens is 2. The van der Waals surface area contributed by atoms with Gasteiger partial charge in [-0.1, -0.05) is 29.3 Å². The predicted octanol–water partition coefficient (Wildman–Crippen LogP) is 2.18. The summed E-state index contributed by atoms with van der Waals surface area (Å²) in [6, 6.07) is 5.31. The van der Waals surface area contributed by atoms with Gasteiger partial charge in [-0.15, -0.1) is 0 Å². The maximum atomic E-state index is 11.9. The molecule has 1 aromatic carbocycles. The molecule has 0 spiro atoms. The molecule has 0 aromatic heterocycles. The number of carbonyl (C=O) groups excluding carboxylic acids is 2. The van der Waals surface area contributed by atoms with Crippen LogP contribution in [-0.4, -0.2) is 24.9 Å². The lowest BCUT2D eigenvalue weighted by Gasteiger charge is -2.21. The van der Waals surface area contributed by atoms with Gasteiger partial charge in [0.25, 0.3) is 0 Å². The van der Waals surface area contributed by atoms with Crippen LogP contribution in [0.4, 0.5) is 0 Å². The van der Waals surface area contributed by atoms with Crippen LogP contribution in [-0.2, 0) is 16.0 Å². The van der Waals surface area contributed by atoms with Crippen molar-refractivity contribution in [2.24, 2.45) is 5.92 Å². The number of carbonyl (C=O) groups is 2. The summed E-state index contributed by atoms with van der Waals surface area (Å²) < 4.78 is 0. The first kappa shape index (κ1) is 15.1. The van der Waals surface area contributed by atoms with Gasteiger partial charge in [0.2, 0.25) is 11.8 Å². The fourth-order valence-electron chi connectivity index (χ4n) is 2.20. The van der Waals surface area contributed by atoms with E-state index < -0.39 is 0 Å². The number of hydrogen-bond donors (Lipinski definition) is 2. The molecule has 2 N–H and O–H groups in total. The normalized spacial score (nSPS) is 18.5. The molecule has 0 bridgehead atoms. The lowest BCUT2D eigenvalue weighted by Crippen LogP contribution is -2.41. The second-order valence-corrected chi connectivity index (χ2v) is 5.66. The summed E-state index contributed by atoms with van der Waals surface area (Å²) in [6.07, 6.45) is 1.60. The van der Waals surface area contributed by atoms with E-state index in [1.807, 2.05) is 6.07 Å². The maximum Gasteiger partial charge on any atom is 0.223 e. The van der Waals surface area contributed by atoms with Gasteiger partial charge in [0.05, 0.1) is 0 Å². The Morgan fingerprint density at radius 1 is 1.40 bits per heavy atom. The second-order valence-electron chi connectivity index (χ2n) is 4.82. The van der Waals surface area contributed by atoms with Gasteiger partial charge in [-0.05, 0) is 30.5 Å². The molecule has 1 heterocycles. The fraction of sp³-hybridized carbons (Fsp3) is 0.429. The third-order valence-electron chi connectivity index (χ3n) is 3.33. The largest absolute Gasteiger partial charge is 0.356 e. The monoisotopic (exact) mass is 314 g/mol. The number of amides is 2. The quantitative estimate of drug-likeness (QED) is 0.895. The standard InChI is InChI=1S/C14H16Cl2N2O2/c15-11-2-1-9(12(16)8-11)3-6-18-14(20)10-4-5-17-13(19)7-10/h1-2,8,10H,3-7H2,(H,17,19)(H,18,20). The molecule has 1 aromatic rings. The third kappa shape index (κ3) is 4.12. The van der Waals surface area contributed by atoms with E-state index in [1.165, 1.54) is 0 Å². The first-order chi connectivity index (χ1) is 9.56. The van der Waals surface area contributed by atoms with Crippen molar-refractivity contribution in [3.8, 4) is 0 Å². The van der Waals surface area contributed by atoms with E-state index in [2.05, 4.69) is 10.6 Å². The smallest absolute Gasteiger partial charge is 0.223 e. The highest BCUT2D eigenvalue weighted by atomic mass is 35.5. The van der Waals surface area contributed by atoms with Crippen molar-refractivity contribution in [2.45, 2.75) is 19.3 Å². The van der Waals surface area contributed by atoms with Crippen LogP contribution in [0.1, 0.15) is 18.4 Å². The summed E-state index contributed by atoms with van der Waals surface area (Å²) in [5, 5.41) is 6.76. The maximum absolute atomic E-state index is 11.9. The Bertz CT molecular complexity index is 520. The first-order valence-corrected chi connectivity index (χ1v) is 7.30. The van der Waals surface area contributed by atoms with Crippen molar-refractivity contribution in [2.75, 3.05) is 13.1 Å². The minimum atomic E-state index is -0.218. The molecule has 20 heavy (non-hydrogen) atoms. The Morgan fingerprint density at radius 2 is 2.20 bits per heavy atom. The molecule has 2 amide bonds. The zero-order chi connectivity index (χ0) is 14.5. The van der Waals surface area contributed by atoms with Crippen LogP contribution < -0.4 is 10.6 Å². The zero-order valence-electron chi connectivity index (χ0n) is 10.9. The molecule has 108 valence electrons. The predicted molar refractivity (Wildman–Crippen MR) is 78.9 cm³/mol. The van der Waals surface area contributed by atoms with E-state index in [0.717, 1.165) is 5.56 Å². The number of piperidine rings is 1. The molecule has 2 rings (SSSR count). The topological polar surface area (TPSA) is 58.2 Å². The van der Waals surface area contributed by atoms with Crippen LogP contribution in [0.25, 0.3) is 0 Å². The minimum Gasteiger partial charge on any atom is -0.356 e. The molecule has 1 atom stereocenters. The summed E-state index contributed by atoms with van der Waals surface area (Å²) in [4.78, 5) is 23.2. The lowest BCUT2D eigenvalue weighted by molar-refractivity contribution is -0.132. The zero-order valence-corrected chi connectivity index (χ0v) is 12.4. The van der Waals surface area contributed by atoms with Crippen molar-refractivity contribution in [3.63, 3.8) is 0 Å². The van der Waals surface area contributed by atoms with E-state index in [1.54, 1.807) is 12.1 Å². The Balaban J connectivity index is 1.80. The van der Waals surface area contributed by atoms with Gasteiger partial charge in [-0.3, -0.25) is 9.59 Å². The molecule has 6 heteroatoms. The summed E-state index contributed by atoms with van der Waals surface area (Å²) in [6.45, 7) is 1.07. The average Bonchev–Trinajstić information content (AvgIpc) is 2.41. The lowest BCUT2D eigenvalue weighted by atomic mass is 9.96. The van der Waals surface area contributed by atoms with Crippen LogP contribution >= 0.6 is 23.2 Å². The first-order valence-electron chi connectivity index (χ1n) is 6.54. The van der Waals surface area contributed by atoms with Crippen LogP contribution in [0.3, 0.4) is 0 Å². The van der Waals surface area contributed by atoms with Gasteiger partial charge >= 0.3 is 0 Å². The summed E-state index contributed by atoms with van der Waals surface area (Å²) in [5.41, 5.74) is 0.942. The van der Waals surface area contributed by atoms with Crippen LogP contribution in [0.2, 0.25) is 10.0 Å². The van der Waals surface area contributed by atoms with Crippen molar-refractivity contribution in [3.05, 3.63) is 33.8 Å². The van der Waals surface area contributed by atoms with Gasteiger partial charge < -0.3 is 10.6 Å². The molecule has 1 saturated heterocycles. The van der Waals surface area contributed by atoms with Crippen molar-refractivity contribution < 1.29 is 9.59 Å². The second kappa shape index (κ2) is 6.95. The molecule has 0 aliphatic carbocycles. The number of hydrogen-bond acceptors (Lipinski definition) is 2. The Kier molecular flexibility index (Phi) is 5.26. The highest BCUT2D eigenvalue weighted by Gasteiger charge is 2.24. The van der Waals surface area contributed by atoms with E-state index in [-0.39, 0.29) is 24.2 Å². The fourth-order valence-corrected chi connectivity index (χ4v) is 2.70. The minimum absolute atomic E-state index is 0.0582. The molecule has 1 aliphatic rings. The summed E-state index contributed by atoms with van der Waals surface area (Å²) >= 11 is 11.9. The van der Waals surface area contributed by atoms with Gasteiger partial charge in [0, 0.05) is 35.5 Å². The van der Waals surface area contributed by atoms with Crippen LogP contribution in [0.5, 0.6) is 0 Å². The van der Waals surface area contributed by atoms with Crippen LogP contribution in [0.15, 0.2) is 18.2 Å². The molecule has 1 unspecified atom stereocenters. The molecular weight excluding hydrogens is 299 g/mol. The van der Waals surface area contributed by atoms with Crippen molar-refractivity contribution in [1.29, 1.82) is 0 Å². The van der Waals surface area contributed by atoms with Gasteiger partial charge in [0.15, 0.2) is 0 Å². The molecule has 1 aliphatic heterocycles. The number of benzene rings is 1. The number of nitrogens with one attached hydrogen (secondary N) is 2. The molecule has 1 fully saturated rings. The van der Waals surface area contributed by atoms with E-state index in [4.69, 9.17) is 23.2 Å². The summed E-state index contributed by atoms with van der Waals surface area (Å²) in [5.74, 6) is -0.341. The van der Waals surface area contributed by atoms with Crippen molar-refractivity contribution >= 4 is 35.0 Å². The van der Waals surface area contributed by atoms with Crippen LogP contribution in [0, 0.1) is 5.92 Å². The van der Waals surface area contributed by atoms with E-state index >= 15 is 0 Å². The average molecular weight is 315 g/mol. The highest BCUT2D eigenvalue weighted by Crippen LogP contribution is 2.21. The number of rotatable bonds is 4. The van der Waals surface area contributed by atoms with Gasteiger partial charge in [-0.25, -0.2) is 0 Å². The molecule has 0 radical (unpaired) electrons. The molecular formula is C14H16Cl2N2O2. The SMILES string of the molecule is O=C1CC(C(=O)NCCc2ccc(Cl)cc2Cl)CCN1. The van der Waals surface area contributed by atoms with E-state index in [9.17, 15) is 9.59 Å². The Hall–Kier alpha value is -1.26. The Morgan fingerprint density at radius 3 is 2.90 bits per heavy atom.